The third-order valence-electron chi connectivity index (χ3n) is 2.58. The summed E-state index contributed by atoms with van der Waals surface area (Å²) in [5, 5.41) is 14.8. The van der Waals surface area contributed by atoms with Crippen molar-refractivity contribution in [3.8, 4) is 0 Å². The number of carbonyl (C=O) groups excluding carboxylic acids is 1. The van der Waals surface area contributed by atoms with Gasteiger partial charge in [-0.2, -0.15) is 18.3 Å². The number of halogens is 3. The molecule has 0 saturated heterocycles. The van der Waals surface area contributed by atoms with Crippen molar-refractivity contribution in [2.45, 2.75) is 32.6 Å². The van der Waals surface area contributed by atoms with Crippen molar-refractivity contribution in [3.05, 3.63) is 18.0 Å². The van der Waals surface area contributed by atoms with Gasteiger partial charge in [0.2, 0.25) is 5.91 Å². The first-order chi connectivity index (χ1) is 8.74. The Morgan fingerprint density at radius 3 is 2.58 bits per heavy atom. The monoisotopic (exact) mass is 279 g/mol. The number of hydrogen-bond acceptors (Lipinski definition) is 3. The second-order valence-corrected chi connectivity index (χ2v) is 4.50. The van der Waals surface area contributed by atoms with Crippen molar-refractivity contribution in [2.75, 3.05) is 6.61 Å². The average Bonchev–Trinajstić information content (AvgIpc) is 2.73. The smallest absolute Gasteiger partial charge is 0.394 e. The van der Waals surface area contributed by atoms with E-state index in [0.717, 1.165) is 16.9 Å². The Bertz CT molecular complexity index is 429. The van der Waals surface area contributed by atoms with E-state index in [1.54, 1.807) is 0 Å². The lowest BCUT2D eigenvalue weighted by molar-refractivity contribution is -0.141. The molecule has 1 rings (SSSR count). The lowest BCUT2D eigenvalue weighted by Gasteiger charge is -2.19. The van der Waals surface area contributed by atoms with E-state index < -0.39 is 23.8 Å². The molecule has 0 bridgehead atoms. The molecule has 1 atom stereocenters. The first kappa shape index (κ1) is 15.5. The first-order valence-corrected chi connectivity index (χ1v) is 5.75. The van der Waals surface area contributed by atoms with Crippen LogP contribution in [-0.4, -0.2) is 33.4 Å². The van der Waals surface area contributed by atoms with E-state index in [2.05, 4.69) is 10.4 Å². The van der Waals surface area contributed by atoms with Crippen LogP contribution in [0.3, 0.4) is 0 Å². The number of carbonyl (C=O) groups is 1. The molecule has 0 aliphatic rings. The van der Waals surface area contributed by atoms with Gasteiger partial charge in [-0.05, 0) is 12.0 Å². The summed E-state index contributed by atoms with van der Waals surface area (Å²) in [7, 11) is 0. The van der Waals surface area contributed by atoms with Crippen molar-refractivity contribution in [1.82, 2.24) is 15.1 Å². The Morgan fingerprint density at radius 2 is 2.16 bits per heavy atom. The molecule has 1 heterocycles. The van der Waals surface area contributed by atoms with Crippen molar-refractivity contribution < 1.29 is 23.1 Å². The summed E-state index contributed by atoms with van der Waals surface area (Å²) in [6, 6.07) is 0.379. The van der Waals surface area contributed by atoms with Crippen LogP contribution >= 0.6 is 0 Å². The van der Waals surface area contributed by atoms with Gasteiger partial charge in [0.25, 0.3) is 0 Å². The number of nitrogens with zero attached hydrogens (tertiary/aromatic N) is 2. The van der Waals surface area contributed by atoms with Gasteiger partial charge in [-0.3, -0.25) is 9.48 Å². The molecular weight excluding hydrogens is 263 g/mol. The number of rotatable bonds is 5. The second-order valence-electron chi connectivity index (χ2n) is 4.50. The van der Waals surface area contributed by atoms with Crippen LogP contribution in [0.2, 0.25) is 0 Å². The maximum Gasteiger partial charge on any atom is 0.435 e. The molecule has 1 aromatic rings. The Kier molecular flexibility index (Phi) is 4.93. The zero-order valence-electron chi connectivity index (χ0n) is 10.6. The standard InChI is InChI=1S/C11H16F3N3O2/c1-7(2)8(6-18)15-10(19)5-17-4-3-9(16-17)11(12,13)14/h3-4,7-8,18H,5-6H2,1-2H3,(H,15,19)/t8-/m1/s1. The van der Waals surface area contributed by atoms with Crippen LogP contribution in [0, 0.1) is 5.92 Å². The summed E-state index contributed by atoms with van der Waals surface area (Å²) in [5.74, 6) is -0.470. The molecule has 1 aromatic heterocycles. The maximum absolute atomic E-state index is 12.3. The van der Waals surface area contributed by atoms with Gasteiger partial charge in [0.05, 0.1) is 12.6 Å². The number of aliphatic hydroxyl groups is 1. The van der Waals surface area contributed by atoms with Gasteiger partial charge < -0.3 is 10.4 Å². The van der Waals surface area contributed by atoms with Crippen LogP contribution in [0.25, 0.3) is 0 Å². The maximum atomic E-state index is 12.3. The van der Waals surface area contributed by atoms with E-state index in [1.165, 1.54) is 0 Å². The Morgan fingerprint density at radius 1 is 1.53 bits per heavy atom. The molecular formula is C11H16F3N3O2. The van der Waals surface area contributed by atoms with Crippen LogP contribution in [-0.2, 0) is 17.5 Å². The minimum atomic E-state index is -4.52. The molecule has 1 amide bonds. The minimum Gasteiger partial charge on any atom is -0.394 e. The van der Waals surface area contributed by atoms with Crippen molar-refractivity contribution in [1.29, 1.82) is 0 Å². The third kappa shape index (κ3) is 4.55. The quantitative estimate of drug-likeness (QED) is 0.846. The highest BCUT2D eigenvalue weighted by Crippen LogP contribution is 2.27. The molecule has 8 heteroatoms. The molecule has 0 aliphatic carbocycles. The zero-order valence-corrected chi connectivity index (χ0v) is 10.6. The van der Waals surface area contributed by atoms with Crippen LogP contribution < -0.4 is 5.32 Å². The average molecular weight is 279 g/mol. The van der Waals surface area contributed by atoms with Gasteiger partial charge in [0.15, 0.2) is 5.69 Å². The fourth-order valence-electron chi connectivity index (χ4n) is 1.42. The highest BCUT2D eigenvalue weighted by Gasteiger charge is 2.33. The van der Waals surface area contributed by atoms with Crippen molar-refractivity contribution in [3.63, 3.8) is 0 Å². The molecule has 0 spiro atoms. The Hall–Kier alpha value is -1.57. The molecule has 0 aromatic carbocycles. The number of aromatic nitrogens is 2. The minimum absolute atomic E-state index is 0.0253. The van der Waals surface area contributed by atoms with E-state index in [1.807, 2.05) is 13.8 Å². The molecule has 5 nitrogen and oxygen atoms in total. The first-order valence-electron chi connectivity index (χ1n) is 5.75. The molecule has 0 unspecified atom stereocenters. The highest BCUT2D eigenvalue weighted by atomic mass is 19.4. The predicted molar refractivity (Wildman–Crippen MR) is 61.1 cm³/mol. The summed E-state index contributed by atoms with van der Waals surface area (Å²) < 4.78 is 37.8. The number of alkyl halides is 3. The van der Waals surface area contributed by atoms with Crippen LogP contribution in [0.5, 0.6) is 0 Å². The SMILES string of the molecule is CC(C)[C@@H](CO)NC(=O)Cn1ccc(C(F)(F)F)n1. The lowest BCUT2D eigenvalue weighted by atomic mass is 10.1. The van der Waals surface area contributed by atoms with Crippen LogP contribution in [0.4, 0.5) is 13.2 Å². The fraction of sp³-hybridized carbons (Fsp3) is 0.636. The van der Waals surface area contributed by atoms with Crippen molar-refractivity contribution >= 4 is 5.91 Å². The predicted octanol–water partition coefficient (Wildman–Crippen LogP) is 1.03. The number of aliphatic hydroxyl groups excluding tert-OH is 1. The van der Waals surface area contributed by atoms with E-state index in [9.17, 15) is 18.0 Å². The normalized spacial score (nSPS) is 13.6. The molecule has 108 valence electrons. The van der Waals surface area contributed by atoms with Gasteiger partial charge >= 0.3 is 6.18 Å². The van der Waals surface area contributed by atoms with Crippen LogP contribution in [0.1, 0.15) is 19.5 Å². The van der Waals surface area contributed by atoms with Crippen molar-refractivity contribution in [2.24, 2.45) is 5.92 Å². The summed E-state index contributed by atoms with van der Waals surface area (Å²) in [6.45, 7) is 3.09. The van der Waals surface area contributed by atoms with E-state index in [0.29, 0.717) is 0 Å². The van der Waals surface area contributed by atoms with E-state index in [-0.39, 0.29) is 19.1 Å². The number of nitrogens with one attached hydrogen (secondary N) is 1. The molecule has 2 N–H and O–H groups in total. The zero-order chi connectivity index (χ0) is 14.6. The second kappa shape index (κ2) is 6.05. The molecule has 0 aliphatic heterocycles. The summed E-state index contributed by atoms with van der Waals surface area (Å²) in [4.78, 5) is 11.6. The number of hydrogen-bond donors (Lipinski definition) is 2. The summed E-state index contributed by atoms with van der Waals surface area (Å²) in [5.41, 5.74) is -1.04. The van der Waals surface area contributed by atoms with Gasteiger partial charge in [-0.25, -0.2) is 0 Å². The molecule has 0 fully saturated rings. The largest absolute Gasteiger partial charge is 0.435 e. The van der Waals surface area contributed by atoms with Crippen LogP contribution in [0.15, 0.2) is 12.3 Å². The lowest BCUT2D eigenvalue weighted by Crippen LogP contribution is -2.42. The van der Waals surface area contributed by atoms with Gasteiger partial charge in [-0.15, -0.1) is 0 Å². The topological polar surface area (TPSA) is 67.2 Å². The molecule has 0 radical (unpaired) electrons. The van der Waals surface area contributed by atoms with Gasteiger partial charge in [0.1, 0.15) is 6.54 Å². The summed E-state index contributed by atoms with van der Waals surface area (Å²) in [6.07, 6.45) is -3.43. The van der Waals surface area contributed by atoms with Gasteiger partial charge in [0, 0.05) is 6.20 Å². The fourth-order valence-corrected chi connectivity index (χ4v) is 1.42. The third-order valence-corrected chi connectivity index (χ3v) is 2.58. The molecule has 0 saturated carbocycles. The van der Waals surface area contributed by atoms with Gasteiger partial charge in [-0.1, -0.05) is 13.8 Å². The Labute approximate surface area is 108 Å². The molecule has 19 heavy (non-hydrogen) atoms. The van der Waals surface area contributed by atoms with E-state index >= 15 is 0 Å². The summed E-state index contributed by atoms with van der Waals surface area (Å²) >= 11 is 0. The van der Waals surface area contributed by atoms with E-state index in [4.69, 9.17) is 5.11 Å². The number of amides is 1. The highest BCUT2D eigenvalue weighted by molar-refractivity contribution is 5.76. The Balaban J connectivity index is 2.60.